The molecule has 0 spiro atoms. The van der Waals surface area contributed by atoms with Crippen LogP contribution >= 0.6 is 0 Å². The highest BCUT2D eigenvalue weighted by Gasteiger charge is 2.14. The van der Waals surface area contributed by atoms with Crippen molar-refractivity contribution in [3.05, 3.63) is 60.6 Å². The van der Waals surface area contributed by atoms with E-state index >= 15 is 0 Å². The number of amides is 1. The van der Waals surface area contributed by atoms with Crippen molar-refractivity contribution in [1.29, 1.82) is 0 Å². The summed E-state index contributed by atoms with van der Waals surface area (Å²) in [6.45, 7) is 0. The summed E-state index contributed by atoms with van der Waals surface area (Å²) in [5.41, 5.74) is 10.3. The SMILES string of the molecule is CNc1c(C(N)=O)cnn2cc(-c3ccc4ncccc4c3)cc12. The second kappa shape index (κ2) is 5.34. The van der Waals surface area contributed by atoms with E-state index in [2.05, 4.69) is 21.5 Å². The van der Waals surface area contributed by atoms with Gasteiger partial charge >= 0.3 is 0 Å². The molecule has 0 aliphatic rings. The molecule has 4 aromatic rings. The Bertz CT molecular complexity index is 1080. The van der Waals surface area contributed by atoms with Crippen LogP contribution in [-0.4, -0.2) is 27.6 Å². The van der Waals surface area contributed by atoms with Gasteiger partial charge in [0.15, 0.2) is 0 Å². The largest absolute Gasteiger partial charge is 0.386 e. The molecule has 6 heteroatoms. The van der Waals surface area contributed by atoms with Crippen molar-refractivity contribution in [3.8, 4) is 11.1 Å². The number of nitrogens with two attached hydrogens (primary N) is 1. The summed E-state index contributed by atoms with van der Waals surface area (Å²) in [4.78, 5) is 15.9. The molecule has 3 N–H and O–H groups in total. The van der Waals surface area contributed by atoms with Crippen LogP contribution in [0.15, 0.2) is 55.0 Å². The van der Waals surface area contributed by atoms with Gasteiger partial charge in [0.2, 0.25) is 0 Å². The number of carbonyl (C=O) groups is 1. The van der Waals surface area contributed by atoms with E-state index in [4.69, 9.17) is 5.73 Å². The van der Waals surface area contributed by atoms with Crippen LogP contribution in [-0.2, 0) is 0 Å². The summed E-state index contributed by atoms with van der Waals surface area (Å²) >= 11 is 0. The predicted octanol–water partition coefficient (Wildman–Crippen LogP) is 2.69. The second-order valence-electron chi connectivity index (χ2n) is 5.52. The number of carbonyl (C=O) groups excluding carboxylic acids is 1. The lowest BCUT2D eigenvalue weighted by atomic mass is 10.1. The Labute approximate surface area is 137 Å². The van der Waals surface area contributed by atoms with Crippen LogP contribution in [0.3, 0.4) is 0 Å². The van der Waals surface area contributed by atoms with Crippen molar-refractivity contribution >= 4 is 28.0 Å². The Morgan fingerprint density at radius 1 is 1.21 bits per heavy atom. The van der Waals surface area contributed by atoms with Gasteiger partial charge in [-0.3, -0.25) is 9.78 Å². The number of primary amides is 1. The van der Waals surface area contributed by atoms with Gasteiger partial charge in [-0.25, -0.2) is 4.52 Å². The van der Waals surface area contributed by atoms with Crippen molar-refractivity contribution in [3.63, 3.8) is 0 Å². The number of anilines is 1. The first kappa shape index (κ1) is 14.2. The van der Waals surface area contributed by atoms with E-state index < -0.39 is 5.91 Å². The molecule has 0 unspecified atom stereocenters. The van der Waals surface area contributed by atoms with E-state index in [9.17, 15) is 4.79 Å². The number of nitrogens with zero attached hydrogens (tertiary/aromatic N) is 3. The fourth-order valence-corrected chi connectivity index (χ4v) is 2.92. The Balaban J connectivity index is 1.91. The molecule has 1 amide bonds. The van der Waals surface area contributed by atoms with E-state index in [0.29, 0.717) is 11.3 Å². The van der Waals surface area contributed by atoms with E-state index in [1.54, 1.807) is 17.8 Å². The molecule has 118 valence electrons. The van der Waals surface area contributed by atoms with Crippen LogP contribution in [0.25, 0.3) is 27.5 Å². The van der Waals surface area contributed by atoms with Crippen LogP contribution < -0.4 is 11.1 Å². The molecular formula is C18H15N5O. The molecule has 6 nitrogen and oxygen atoms in total. The number of nitrogens with one attached hydrogen (secondary N) is 1. The normalized spacial score (nSPS) is 11.0. The van der Waals surface area contributed by atoms with E-state index in [-0.39, 0.29) is 0 Å². The van der Waals surface area contributed by atoms with E-state index in [1.807, 2.05) is 36.5 Å². The van der Waals surface area contributed by atoms with Gasteiger partial charge in [-0.15, -0.1) is 0 Å². The fourth-order valence-electron chi connectivity index (χ4n) is 2.92. The molecule has 0 aliphatic carbocycles. The highest BCUT2D eigenvalue weighted by atomic mass is 16.1. The quantitative estimate of drug-likeness (QED) is 0.608. The van der Waals surface area contributed by atoms with E-state index in [1.165, 1.54) is 6.20 Å². The first-order valence-electron chi connectivity index (χ1n) is 7.51. The Morgan fingerprint density at radius 2 is 2.08 bits per heavy atom. The molecule has 4 rings (SSSR count). The molecule has 0 radical (unpaired) electrons. The predicted molar refractivity (Wildman–Crippen MR) is 94.0 cm³/mol. The zero-order chi connectivity index (χ0) is 16.7. The summed E-state index contributed by atoms with van der Waals surface area (Å²) in [5.74, 6) is -0.506. The van der Waals surface area contributed by atoms with Crippen molar-refractivity contribution in [1.82, 2.24) is 14.6 Å². The fraction of sp³-hybridized carbons (Fsp3) is 0.0556. The summed E-state index contributed by atoms with van der Waals surface area (Å²) < 4.78 is 1.74. The molecule has 0 saturated heterocycles. The third-order valence-electron chi connectivity index (χ3n) is 4.09. The van der Waals surface area contributed by atoms with Gasteiger partial charge in [-0.2, -0.15) is 5.10 Å². The molecule has 24 heavy (non-hydrogen) atoms. The van der Waals surface area contributed by atoms with Crippen molar-refractivity contribution in [2.24, 2.45) is 5.73 Å². The van der Waals surface area contributed by atoms with Crippen molar-refractivity contribution in [2.45, 2.75) is 0 Å². The lowest BCUT2D eigenvalue weighted by Gasteiger charge is -2.07. The van der Waals surface area contributed by atoms with E-state index in [0.717, 1.165) is 27.5 Å². The van der Waals surface area contributed by atoms with Crippen LogP contribution in [0.5, 0.6) is 0 Å². The highest BCUT2D eigenvalue weighted by Crippen LogP contribution is 2.29. The molecule has 0 saturated carbocycles. The maximum absolute atomic E-state index is 11.6. The number of fused-ring (bicyclic) bond motifs is 2. The molecule has 0 atom stereocenters. The number of pyridine rings is 1. The lowest BCUT2D eigenvalue weighted by molar-refractivity contribution is 0.100. The van der Waals surface area contributed by atoms with Gasteiger partial charge in [0.25, 0.3) is 5.91 Å². The van der Waals surface area contributed by atoms with Crippen LogP contribution in [0, 0.1) is 0 Å². The smallest absolute Gasteiger partial charge is 0.252 e. The third-order valence-corrected chi connectivity index (χ3v) is 4.09. The average molecular weight is 317 g/mol. The highest BCUT2D eigenvalue weighted by molar-refractivity contribution is 6.02. The Morgan fingerprint density at radius 3 is 2.88 bits per heavy atom. The minimum absolute atomic E-state index is 0.373. The number of rotatable bonds is 3. The van der Waals surface area contributed by atoms with Gasteiger partial charge in [0, 0.05) is 30.4 Å². The van der Waals surface area contributed by atoms with Crippen molar-refractivity contribution in [2.75, 3.05) is 12.4 Å². The molecule has 0 fully saturated rings. The van der Waals surface area contributed by atoms with Crippen LogP contribution in [0.1, 0.15) is 10.4 Å². The van der Waals surface area contributed by atoms with Crippen LogP contribution in [0.2, 0.25) is 0 Å². The number of hydrogen-bond acceptors (Lipinski definition) is 4. The number of aromatic nitrogens is 3. The molecule has 1 aromatic carbocycles. The van der Waals surface area contributed by atoms with Gasteiger partial charge in [-0.05, 0) is 29.8 Å². The summed E-state index contributed by atoms with van der Waals surface area (Å²) in [6.07, 6.45) is 5.19. The average Bonchev–Trinajstić information content (AvgIpc) is 3.04. The first-order chi connectivity index (χ1) is 11.7. The summed E-state index contributed by atoms with van der Waals surface area (Å²) in [5, 5.41) is 8.40. The topological polar surface area (TPSA) is 85.3 Å². The van der Waals surface area contributed by atoms with Gasteiger partial charge in [-0.1, -0.05) is 12.1 Å². The third kappa shape index (κ3) is 2.16. The molecule has 3 heterocycles. The molecule has 0 aliphatic heterocycles. The van der Waals surface area contributed by atoms with Crippen molar-refractivity contribution < 1.29 is 4.79 Å². The lowest BCUT2D eigenvalue weighted by Crippen LogP contribution is -2.15. The summed E-state index contributed by atoms with van der Waals surface area (Å²) in [6, 6.07) is 12.0. The molecule has 0 bridgehead atoms. The Hall–Kier alpha value is -3.41. The zero-order valence-electron chi connectivity index (χ0n) is 13.0. The van der Waals surface area contributed by atoms with Gasteiger partial charge < -0.3 is 11.1 Å². The number of benzene rings is 1. The minimum atomic E-state index is -0.506. The monoisotopic (exact) mass is 317 g/mol. The molecule has 3 aromatic heterocycles. The van der Waals surface area contributed by atoms with Gasteiger partial charge in [0.1, 0.15) is 0 Å². The number of hydrogen-bond donors (Lipinski definition) is 2. The standard InChI is InChI=1S/C18H15N5O/c1-20-17-14(18(19)24)9-22-23-10-13(8-16(17)23)11-4-5-15-12(7-11)3-2-6-21-15/h2-10,20H,1H3,(H2,19,24). The Kier molecular flexibility index (Phi) is 3.16. The maximum atomic E-state index is 11.6. The second-order valence-corrected chi connectivity index (χ2v) is 5.52. The maximum Gasteiger partial charge on any atom is 0.252 e. The zero-order valence-corrected chi connectivity index (χ0v) is 13.0. The van der Waals surface area contributed by atoms with Crippen LogP contribution in [0.4, 0.5) is 5.69 Å². The summed E-state index contributed by atoms with van der Waals surface area (Å²) in [7, 11) is 1.76. The first-order valence-corrected chi connectivity index (χ1v) is 7.51. The molecular weight excluding hydrogens is 302 g/mol. The minimum Gasteiger partial charge on any atom is -0.386 e. The van der Waals surface area contributed by atoms with Gasteiger partial charge in [0.05, 0.1) is 28.5 Å².